The SMILES string of the molecule is c1ccc(C2(c3ccccc3)c3cc(-c4ccc(-c5cscn5)cc4)ccc3-c3ccc(-c4ccc(-c5cscn5)cc4)cc32)cc1. The average Bonchev–Trinajstić information content (AvgIpc) is 3.93. The van der Waals surface area contributed by atoms with Crippen molar-refractivity contribution in [2.24, 2.45) is 0 Å². The van der Waals surface area contributed by atoms with Crippen LogP contribution in [-0.2, 0) is 5.41 Å². The Labute approximate surface area is 282 Å². The van der Waals surface area contributed by atoms with Crippen LogP contribution in [0.5, 0.6) is 0 Å². The number of rotatable bonds is 6. The largest absolute Gasteiger partial charge is 0.245 e. The highest BCUT2D eigenvalue weighted by Crippen LogP contribution is 2.57. The number of aromatic nitrogens is 2. The van der Waals surface area contributed by atoms with Crippen LogP contribution in [0.15, 0.2) is 167 Å². The molecule has 0 N–H and O–H groups in total. The summed E-state index contributed by atoms with van der Waals surface area (Å²) < 4.78 is 0. The number of hydrogen-bond donors (Lipinski definition) is 0. The van der Waals surface area contributed by atoms with Crippen LogP contribution >= 0.6 is 22.7 Å². The van der Waals surface area contributed by atoms with Gasteiger partial charge < -0.3 is 0 Å². The fraction of sp³-hybridized carbons (Fsp3) is 0.0233. The second-order valence-corrected chi connectivity index (χ2v) is 13.3. The standard InChI is InChI=1S/C43H28N2S2/c1-3-7-35(8-4-1)43(36-9-5-2-6-10-36)39-23-33(29-11-15-31(16-12-29)41-25-46-27-44-41)19-21-37(39)38-22-20-34(24-40(38)43)30-13-17-32(18-14-30)42-26-47-28-45-42/h1-28H. The summed E-state index contributed by atoms with van der Waals surface area (Å²) in [5.74, 6) is 0. The van der Waals surface area contributed by atoms with Gasteiger partial charge >= 0.3 is 0 Å². The number of nitrogens with zero attached hydrogens (tertiary/aromatic N) is 2. The Kier molecular flexibility index (Phi) is 6.77. The quantitative estimate of drug-likeness (QED) is 0.181. The lowest BCUT2D eigenvalue weighted by Gasteiger charge is -2.34. The van der Waals surface area contributed by atoms with Crippen LogP contribution in [0, 0.1) is 0 Å². The van der Waals surface area contributed by atoms with Gasteiger partial charge in [0.25, 0.3) is 0 Å². The molecule has 0 saturated heterocycles. The zero-order chi connectivity index (χ0) is 31.2. The van der Waals surface area contributed by atoms with Gasteiger partial charge in [0.1, 0.15) is 0 Å². The van der Waals surface area contributed by atoms with Crippen molar-refractivity contribution >= 4 is 22.7 Å². The van der Waals surface area contributed by atoms with E-state index < -0.39 is 5.41 Å². The van der Waals surface area contributed by atoms with Crippen LogP contribution in [-0.4, -0.2) is 9.97 Å². The third kappa shape index (κ3) is 4.60. The highest BCUT2D eigenvalue weighted by Gasteiger charge is 2.46. The maximum absolute atomic E-state index is 4.51. The summed E-state index contributed by atoms with van der Waals surface area (Å²) in [6, 6.07) is 53.7. The van der Waals surface area contributed by atoms with Gasteiger partial charge in [-0.05, 0) is 67.8 Å². The van der Waals surface area contributed by atoms with E-state index in [1.165, 1.54) is 55.6 Å². The molecule has 47 heavy (non-hydrogen) atoms. The Bertz CT molecular complexity index is 2140. The van der Waals surface area contributed by atoms with Gasteiger partial charge in [-0.1, -0.05) is 133 Å². The molecule has 1 aliphatic carbocycles. The molecule has 9 rings (SSSR count). The van der Waals surface area contributed by atoms with Crippen molar-refractivity contribution in [2.45, 2.75) is 5.41 Å². The molecule has 0 saturated carbocycles. The second kappa shape index (κ2) is 11.4. The van der Waals surface area contributed by atoms with Gasteiger partial charge in [0.2, 0.25) is 0 Å². The summed E-state index contributed by atoms with van der Waals surface area (Å²) in [6.45, 7) is 0. The van der Waals surface area contributed by atoms with E-state index in [0.717, 1.165) is 22.5 Å². The smallest absolute Gasteiger partial charge is 0.0811 e. The molecule has 2 heterocycles. The van der Waals surface area contributed by atoms with Gasteiger partial charge in [0, 0.05) is 21.9 Å². The predicted octanol–water partition coefficient (Wildman–Crippen LogP) is 11.6. The molecule has 222 valence electrons. The summed E-state index contributed by atoms with van der Waals surface area (Å²) >= 11 is 3.25. The van der Waals surface area contributed by atoms with Gasteiger partial charge in [-0.2, -0.15) is 0 Å². The van der Waals surface area contributed by atoms with Crippen molar-refractivity contribution in [3.05, 3.63) is 190 Å². The van der Waals surface area contributed by atoms with Gasteiger partial charge in [-0.15, -0.1) is 22.7 Å². The summed E-state index contributed by atoms with van der Waals surface area (Å²) in [5.41, 5.74) is 20.1. The average molecular weight is 637 g/mol. The highest BCUT2D eigenvalue weighted by atomic mass is 32.1. The zero-order valence-electron chi connectivity index (χ0n) is 25.4. The molecule has 0 fully saturated rings. The lowest BCUT2D eigenvalue weighted by molar-refractivity contribution is 0.769. The number of fused-ring (bicyclic) bond motifs is 3. The van der Waals surface area contributed by atoms with Gasteiger partial charge in [0.15, 0.2) is 0 Å². The summed E-state index contributed by atoms with van der Waals surface area (Å²) in [5, 5.41) is 4.19. The zero-order valence-corrected chi connectivity index (χ0v) is 27.0. The van der Waals surface area contributed by atoms with Gasteiger partial charge in [-0.25, -0.2) is 9.97 Å². The third-order valence-corrected chi connectivity index (χ3v) is 10.6. The summed E-state index contributed by atoms with van der Waals surface area (Å²) in [4.78, 5) is 9.01. The Hall–Kier alpha value is -5.42. The predicted molar refractivity (Wildman–Crippen MR) is 197 cm³/mol. The fourth-order valence-corrected chi connectivity index (χ4v) is 8.35. The third-order valence-electron chi connectivity index (χ3n) is 9.44. The summed E-state index contributed by atoms with van der Waals surface area (Å²) in [6.07, 6.45) is 0. The van der Waals surface area contributed by atoms with E-state index in [1.807, 2.05) is 11.0 Å². The van der Waals surface area contributed by atoms with Gasteiger partial charge in [0.05, 0.1) is 27.8 Å². The van der Waals surface area contributed by atoms with E-state index >= 15 is 0 Å². The lowest BCUT2D eigenvalue weighted by atomic mass is 9.67. The second-order valence-electron chi connectivity index (χ2n) is 11.9. The fourth-order valence-electron chi connectivity index (χ4n) is 7.23. The first-order valence-electron chi connectivity index (χ1n) is 15.7. The van der Waals surface area contributed by atoms with E-state index in [2.05, 4.69) is 166 Å². The van der Waals surface area contributed by atoms with Crippen molar-refractivity contribution in [1.29, 1.82) is 0 Å². The minimum Gasteiger partial charge on any atom is -0.245 e. The normalized spacial score (nSPS) is 12.9. The molecule has 0 atom stereocenters. The Balaban J connectivity index is 1.24. The monoisotopic (exact) mass is 636 g/mol. The molecule has 0 spiro atoms. The maximum Gasteiger partial charge on any atom is 0.0811 e. The van der Waals surface area contributed by atoms with Crippen LogP contribution in [0.4, 0.5) is 0 Å². The van der Waals surface area contributed by atoms with Crippen molar-refractivity contribution in [3.63, 3.8) is 0 Å². The van der Waals surface area contributed by atoms with E-state index in [4.69, 9.17) is 0 Å². The van der Waals surface area contributed by atoms with Crippen molar-refractivity contribution < 1.29 is 0 Å². The molecule has 4 heteroatoms. The molecular formula is C43H28N2S2. The molecule has 2 nitrogen and oxygen atoms in total. The molecule has 2 aromatic heterocycles. The van der Waals surface area contributed by atoms with Crippen LogP contribution < -0.4 is 0 Å². The van der Waals surface area contributed by atoms with Crippen LogP contribution in [0.25, 0.3) is 55.9 Å². The van der Waals surface area contributed by atoms with E-state index in [1.54, 1.807) is 22.7 Å². The molecule has 0 unspecified atom stereocenters. The number of hydrogen-bond acceptors (Lipinski definition) is 4. The molecule has 0 bridgehead atoms. The maximum atomic E-state index is 4.51. The van der Waals surface area contributed by atoms with E-state index in [9.17, 15) is 0 Å². The molecule has 1 aliphatic rings. The molecule has 0 radical (unpaired) electrons. The van der Waals surface area contributed by atoms with E-state index in [0.29, 0.717) is 0 Å². The minimum atomic E-state index is -0.486. The van der Waals surface area contributed by atoms with Crippen molar-refractivity contribution in [1.82, 2.24) is 9.97 Å². The molecular weight excluding hydrogens is 609 g/mol. The van der Waals surface area contributed by atoms with E-state index in [-0.39, 0.29) is 0 Å². The topological polar surface area (TPSA) is 25.8 Å². The Morgan fingerprint density at radius 3 is 1.15 bits per heavy atom. The van der Waals surface area contributed by atoms with Crippen molar-refractivity contribution in [3.8, 4) is 55.9 Å². The van der Waals surface area contributed by atoms with Crippen LogP contribution in [0.2, 0.25) is 0 Å². The summed E-state index contributed by atoms with van der Waals surface area (Å²) in [7, 11) is 0. The lowest BCUT2D eigenvalue weighted by Crippen LogP contribution is -2.28. The minimum absolute atomic E-state index is 0.486. The number of thiazole rings is 2. The molecule has 0 amide bonds. The first-order valence-corrected chi connectivity index (χ1v) is 17.6. The Morgan fingerprint density at radius 2 is 0.766 bits per heavy atom. The van der Waals surface area contributed by atoms with Crippen molar-refractivity contribution in [2.75, 3.05) is 0 Å². The Morgan fingerprint density at radius 1 is 0.383 bits per heavy atom. The van der Waals surface area contributed by atoms with Crippen LogP contribution in [0.3, 0.4) is 0 Å². The number of benzene rings is 6. The molecule has 6 aromatic carbocycles. The first-order chi connectivity index (χ1) is 23.3. The highest BCUT2D eigenvalue weighted by molar-refractivity contribution is 7.08. The van der Waals surface area contributed by atoms with Gasteiger partial charge in [-0.3, -0.25) is 0 Å². The first kappa shape index (κ1) is 27.9. The molecule has 8 aromatic rings. The van der Waals surface area contributed by atoms with Crippen LogP contribution in [0.1, 0.15) is 22.3 Å². The molecule has 0 aliphatic heterocycles.